The lowest BCUT2D eigenvalue weighted by Gasteiger charge is -2.29. The maximum atomic E-state index is 12.8. The molecular formula is C24H30N2O3. The largest absolute Gasteiger partial charge is 0.444 e. The van der Waals surface area contributed by atoms with Crippen molar-refractivity contribution >= 4 is 12.0 Å². The first-order valence-electron chi connectivity index (χ1n) is 10.1. The van der Waals surface area contributed by atoms with Crippen LogP contribution in [-0.4, -0.2) is 29.0 Å². The lowest BCUT2D eigenvalue weighted by molar-refractivity contribution is -0.129. The molecular weight excluding hydrogens is 364 g/mol. The first kappa shape index (κ1) is 20.9. The lowest BCUT2D eigenvalue weighted by Crippen LogP contribution is -2.38. The molecule has 0 bridgehead atoms. The summed E-state index contributed by atoms with van der Waals surface area (Å²) in [6, 6.07) is 19.5. The monoisotopic (exact) mass is 394 g/mol. The summed E-state index contributed by atoms with van der Waals surface area (Å²) in [4.78, 5) is 27.2. The molecule has 1 aliphatic heterocycles. The van der Waals surface area contributed by atoms with Gasteiger partial charge >= 0.3 is 6.09 Å². The van der Waals surface area contributed by atoms with Gasteiger partial charge in [0.25, 0.3) is 0 Å². The van der Waals surface area contributed by atoms with E-state index < -0.39 is 11.7 Å². The second-order valence-electron chi connectivity index (χ2n) is 8.63. The summed E-state index contributed by atoms with van der Waals surface area (Å²) in [6.45, 7) is 8.16. The smallest absolute Gasteiger partial charge is 0.408 e. The Balaban J connectivity index is 1.79. The SMILES string of the molecule is CC(c1ccccc1)N1C[C@H](C(NC(=O)OC(C)(C)C)c2ccccc2)CC1=O. The summed E-state index contributed by atoms with van der Waals surface area (Å²) in [5.74, 6) is 0.0850. The molecule has 0 radical (unpaired) electrons. The minimum absolute atomic E-state index is 0.00773. The molecule has 5 heteroatoms. The van der Waals surface area contributed by atoms with Crippen LogP contribution in [0.15, 0.2) is 60.7 Å². The van der Waals surface area contributed by atoms with Gasteiger partial charge in [0.15, 0.2) is 0 Å². The molecule has 0 saturated carbocycles. The van der Waals surface area contributed by atoms with Crippen molar-refractivity contribution in [3.8, 4) is 0 Å². The predicted octanol–water partition coefficient (Wildman–Crippen LogP) is 4.86. The first-order valence-corrected chi connectivity index (χ1v) is 10.1. The van der Waals surface area contributed by atoms with Gasteiger partial charge in [-0.3, -0.25) is 4.79 Å². The number of hydrogen-bond acceptors (Lipinski definition) is 3. The third-order valence-electron chi connectivity index (χ3n) is 5.24. The maximum Gasteiger partial charge on any atom is 0.408 e. The fraction of sp³-hybridized carbons (Fsp3) is 0.417. The molecule has 2 aromatic carbocycles. The van der Waals surface area contributed by atoms with Gasteiger partial charge in [-0.15, -0.1) is 0 Å². The highest BCUT2D eigenvalue weighted by molar-refractivity contribution is 5.79. The van der Waals surface area contributed by atoms with Crippen molar-refractivity contribution in [1.82, 2.24) is 10.2 Å². The Labute approximate surface area is 173 Å². The summed E-state index contributed by atoms with van der Waals surface area (Å²) >= 11 is 0. The molecule has 154 valence electrons. The fourth-order valence-corrected chi connectivity index (χ4v) is 3.84. The number of amides is 2. The minimum atomic E-state index is -0.579. The van der Waals surface area contributed by atoms with Crippen molar-refractivity contribution < 1.29 is 14.3 Å². The minimum Gasteiger partial charge on any atom is -0.444 e. The summed E-state index contributed by atoms with van der Waals surface area (Å²) < 4.78 is 5.47. The van der Waals surface area contributed by atoms with Crippen LogP contribution in [0.5, 0.6) is 0 Å². The standard InChI is InChI=1S/C24H30N2O3/c1-17(18-11-7-5-8-12-18)26-16-20(15-21(26)27)22(19-13-9-6-10-14-19)25-23(28)29-24(2,3)4/h5-14,17,20,22H,15-16H2,1-4H3,(H,25,28)/t17?,20-,22?/m1/s1. The second-order valence-corrected chi connectivity index (χ2v) is 8.63. The topological polar surface area (TPSA) is 58.6 Å². The van der Waals surface area contributed by atoms with Gasteiger partial charge in [0.1, 0.15) is 5.60 Å². The quantitative estimate of drug-likeness (QED) is 0.788. The number of rotatable bonds is 5. The van der Waals surface area contributed by atoms with Gasteiger partial charge in [0.05, 0.1) is 12.1 Å². The number of nitrogens with one attached hydrogen (secondary N) is 1. The number of alkyl carbamates (subject to hydrolysis) is 1. The maximum absolute atomic E-state index is 12.8. The van der Waals surface area contributed by atoms with Gasteiger partial charge in [-0.25, -0.2) is 4.79 Å². The Morgan fingerprint density at radius 3 is 2.14 bits per heavy atom. The zero-order valence-corrected chi connectivity index (χ0v) is 17.6. The average molecular weight is 395 g/mol. The van der Waals surface area contributed by atoms with Crippen LogP contribution in [0.25, 0.3) is 0 Å². The first-order chi connectivity index (χ1) is 13.7. The van der Waals surface area contributed by atoms with E-state index in [4.69, 9.17) is 4.74 Å². The van der Waals surface area contributed by atoms with E-state index in [9.17, 15) is 9.59 Å². The molecule has 1 heterocycles. The Hall–Kier alpha value is -2.82. The van der Waals surface area contributed by atoms with Crippen LogP contribution in [0.1, 0.15) is 57.3 Å². The molecule has 2 aromatic rings. The van der Waals surface area contributed by atoms with Crippen molar-refractivity contribution in [2.75, 3.05) is 6.54 Å². The van der Waals surface area contributed by atoms with Crippen LogP contribution in [0.3, 0.4) is 0 Å². The van der Waals surface area contributed by atoms with E-state index in [0.29, 0.717) is 13.0 Å². The molecule has 0 aliphatic carbocycles. The summed E-state index contributed by atoms with van der Waals surface area (Å²) in [5.41, 5.74) is 1.51. The predicted molar refractivity (Wildman–Crippen MR) is 113 cm³/mol. The van der Waals surface area contributed by atoms with Gasteiger partial charge in [-0.05, 0) is 38.8 Å². The number of carbonyl (C=O) groups is 2. The molecule has 29 heavy (non-hydrogen) atoms. The van der Waals surface area contributed by atoms with E-state index in [0.717, 1.165) is 11.1 Å². The molecule has 1 aliphatic rings. The number of ether oxygens (including phenoxy) is 1. The van der Waals surface area contributed by atoms with Gasteiger partial charge in [0.2, 0.25) is 5.91 Å². The van der Waals surface area contributed by atoms with Crippen LogP contribution in [-0.2, 0) is 9.53 Å². The summed E-state index contributed by atoms with van der Waals surface area (Å²) in [5, 5.41) is 3.01. The summed E-state index contributed by atoms with van der Waals surface area (Å²) in [6.07, 6.45) is -0.0691. The zero-order chi connectivity index (χ0) is 21.0. The molecule has 2 amide bonds. The zero-order valence-electron chi connectivity index (χ0n) is 17.6. The highest BCUT2D eigenvalue weighted by Gasteiger charge is 2.39. The van der Waals surface area contributed by atoms with E-state index in [2.05, 4.69) is 12.2 Å². The van der Waals surface area contributed by atoms with E-state index in [-0.39, 0.29) is 23.9 Å². The third-order valence-corrected chi connectivity index (χ3v) is 5.24. The third kappa shape index (κ3) is 5.37. The second kappa shape index (κ2) is 8.68. The molecule has 1 fully saturated rings. The van der Waals surface area contributed by atoms with Crippen LogP contribution in [0.2, 0.25) is 0 Å². The van der Waals surface area contributed by atoms with Crippen molar-refractivity contribution in [3.63, 3.8) is 0 Å². The van der Waals surface area contributed by atoms with Crippen LogP contribution in [0, 0.1) is 5.92 Å². The number of nitrogens with zero attached hydrogens (tertiary/aromatic N) is 1. The van der Waals surface area contributed by atoms with Crippen LogP contribution >= 0.6 is 0 Å². The molecule has 0 aromatic heterocycles. The van der Waals surface area contributed by atoms with Crippen molar-refractivity contribution in [2.24, 2.45) is 5.92 Å². The highest BCUT2D eigenvalue weighted by atomic mass is 16.6. The number of hydrogen-bond donors (Lipinski definition) is 1. The van der Waals surface area contributed by atoms with Crippen molar-refractivity contribution in [2.45, 2.75) is 51.8 Å². The molecule has 2 unspecified atom stereocenters. The molecule has 1 N–H and O–H groups in total. The van der Waals surface area contributed by atoms with Gasteiger partial charge in [-0.1, -0.05) is 60.7 Å². The van der Waals surface area contributed by atoms with E-state index in [1.165, 1.54) is 0 Å². The number of likely N-dealkylation sites (tertiary alicyclic amines) is 1. The fourth-order valence-electron chi connectivity index (χ4n) is 3.84. The Morgan fingerprint density at radius 2 is 1.59 bits per heavy atom. The normalized spacial score (nSPS) is 19.0. The average Bonchev–Trinajstić information content (AvgIpc) is 3.07. The van der Waals surface area contributed by atoms with Gasteiger partial charge in [0, 0.05) is 18.9 Å². The Bertz CT molecular complexity index is 830. The van der Waals surface area contributed by atoms with E-state index in [1.54, 1.807) is 0 Å². The van der Waals surface area contributed by atoms with Crippen molar-refractivity contribution in [3.05, 3.63) is 71.8 Å². The molecule has 0 spiro atoms. The number of carbonyl (C=O) groups excluding carboxylic acids is 2. The molecule has 5 nitrogen and oxygen atoms in total. The Morgan fingerprint density at radius 1 is 1.03 bits per heavy atom. The lowest BCUT2D eigenvalue weighted by atomic mass is 9.92. The number of benzene rings is 2. The highest BCUT2D eigenvalue weighted by Crippen LogP contribution is 2.35. The van der Waals surface area contributed by atoms with Crippen LogP contribution in [0.4, 0.5) is 4.79 Å². The summed E-state index contributed by atoms with van der Waals surface area (Å²) in [7, 11) is 0. The van der Waals surface area contributed by atoms with E-state index >= 15 is 0 Å². The molecule has 1 saturated heterocycles. The van der Waals surface area contributed by atoms with Gasteiger partial charge < -0.3 is 15.0 Å². The van der Waals surface area contributed by atoms with E-state index in [1.807, 2.05) is 86.3 Å². The van der Waals surface area contributed by atoms with Crippen LogP contribution < -0.4 is 5.32 Å². The molecule has 3 rings (SSSR count). The van der Waals surface area contributed by atoms with Crippen molar-refractivity contribution in [1.29, 1.82) is 0 Å². The molecule has 3 atom stereocenters. The van der Waals surface area contributed by atoms with Gasteiger partial charge in [-0.2, -0.15) is 0 Å². The Kier molecular flexibility index (Phi) is 6.26.